The number of carbonyl (C=O) groups excluding carboxylic acids is 2. The predicted octanol–water partition coefficient (Wildman–Crippen LogP) is -0.183. The van der Waals surface area contributed by atoms with E-state index in [1.807, 2.05) is 5.32 Å². The van der Waals surface area contributed by atoms with Gasteiger partial charge in [0.25, 0.3) is 21.9 Å². The van der Waals surface area contributed by atoms with Gasteiger partial charge in [-0.15, -0.1) is 0 Å². The Labute approximate surface area is 84.7 Å². The zero-order chi connectivity index (χ0) is 11.2. The summed E-state index contributed by atoms with van der Waals surface area (Å²) >= 11 is 0. The quantitative estimate of drug-likeness (QED) is 0.512. The van der Waals surface area contributed by atoms with E-state index in [0.29, 0.717) is 0 Å². The first-order valence-corrected chi connectivity index (χ1v) is 5.31. The van der Waals surface area contributed by atoms with Crippen molar-refractivity contribution < 1.29 is 22.6 Å². The number of imide groups is 1. The minimum atomic E-state index is -4.45. The van der Waals surface area contributed by atoms with E-state index < -0.39 is 26.8 Å². The van der Waals surface area contributed by atoms with Crippen LogP contribution in [0.5, 0.6) is 0 Å². The van der Waals surface area contributed by atoms with Crippen LogP contribution in [0.25, 0.3) is 0 Å². The molecule has 0 unspecified atom stereocenters. The lowest BCUT2D eigenvalue weighted by Crippen LogP contribution is -2.35. The van der Waals surface area contributed by atoms with Gasteiger partial charge in [-0.25, -0.2) is 0 Å². The van der Waals surface area contributed by atoms with Crippen molar-refractivity contribution in [3.8, 4) is 0 Å². The van der Waals surface area contributed by atoms with Crippen LogP contribution in [0.15, 0.2) is 23.1 Å². The highest BCUT2D eigenvalue weighted by Crippen LogP contribution is 2.20. The molecule has 1 aliphatic heterocycles. The Balaban J connectivity index is 2.76. The summed E-state index contributed by atoms with van der Waals surface area (Å²) in [6.07, 6.45) is 0. The van der Waals surface area contributed by atoms with Crippen LogP contribution in [-0.2, 0) is 10.1 Å². The van der Waals surface area contributed by atoms with Gasteiger partial charge >= 0.3 is 0 Å². The van der Waals surface area contributed by atoms with E-state index in [2.05, 4.69) is 0 Å². The molecule has 0 saturated carbocycles. The number of benzene rings is 1. The number of hydrogen-bond acceptors (Lipinski definition) is 4. The monoisotopic (exact) mass is 227 g/mol. The zero-order valence-electron chi connectivity index (χ0n) is 7.22. The molecular weight excluding hydrogens is 222 g/mol. The molecule has 0 spiro atoms. The van der Waals surface area contributed by atoms with Gasteiger partial charge in [-0.3, -0.25) is 19.5 Å². The molecule has 1 heterocycles. The Morgan fingerprint density at radius 3 is 2.40 bits per heavy atom. The summed E-state index contributed by atoms with van der Waals surface area (Å²) in [5.74, 6) is -1.42. The largest absolute Gasteiger partial charge is 0.295 e. The van der Waals surface area contributed by atoms with Gasteiger partial charge in [0, 0.05) is 5.56 Å². The molecule has 2 bridgehead atoms. The molecule has 0 aliphatic carbocycles. The van der Waals surface area contributed by atoms with E-state index in [-0.39, 0.29) is 11.1 Å². The molecule has 1 aromatic carbocycles. The minimum Gasteiger partial charge on any atom is -0.288 e. The Morgan fingerprint density at radius 2 is 1.80 bits per heavy atom. The molecule has 6 nitrogen and oxygen atoms in total. The molecule has 0 fully saturated rings. The molecule has 2 N–H and O–H groups in total. The molecule has 78 valence electrons. The van der Waals surface area contributed by atoms with Crippen molar-refractivity contribution in [1.29, 1.82) is 0 Å². The Bertz CT molecular complexity index is 575. The Hall–Kier alpha value is -1.73. The summed E-state index contributed by atoms with van der Waals surface area (Å²) in [6.45, 7) is 0. The van der Waals surface area contributed by atoms with Crippen molar-refractivity contribution in [2.45, 2.75) is 4.90 Å². The maximum absolute atomic E-state index is 11.2. The number of amides is 2. The average molecular weight is 227 g/mol. The third-order valence-corrected chi connectivity index (χ3v) is 2.90. The van der Waals surface area contributed by atoms with Gasteiger partial charge in [0.05, 0.1) is 5.56 Å². The number of rotatable bonds is 1. The van der Waals surface area contributed by atoms with E-state index in [0.717, 1.165) is 12.1 Å². The third kappa shape index (κ3) is 1.51. The van der Waals surface area contributed by atoms with Crippen LogP contribution in [0.4, 0.5) is 0 Å². The van der Waals surface area contributed by atoms with Crippen molar-refractivity contribution in [2.24, 2.45) is 0 Å². The summed E-state index contributed by atoms with van der Waals surface area (Å²) in [5, 5.41) is 1.95. The third-order valence-electron chi connectivity index (χ3n) is 1.99. The summed E-state index contributed by atoms with van der Waals surface area (Å²) in [5.41, 5.74) is -0.0494. The van der Waals surface area contributed by atoms with Crippen LogP contribution in [0.3, 0.4) is 0 Å². The lowest BCUT2D eigenvalue weighted by molar-refractivity contribution is 0.0837. The van der Waals surface area contributed by atoms with Gasteiger partial charge in [-0.2, -0.15) is 8.42 Å². The lowest BCUT2D eigenvalue weighted by Gasteiger charge is -2.14. The van der Waals surface area contributed by atoms with E-state index in [4.69, 9.17) is 4.55 Å². The first-order valence-electron chi connectivity index (χ1n) is 3.87. The van der Waals surface area contributed by atoms with Gasteiger partial charge in [-0.1, -0.05) is 0 Å². The number of fused-ring (bicyclic) bond motifs is 2. The van der Waals surface area contributed by atoms with E-state index >= 15 is 0 Å². The SMILES string of the molecule is O=C1NC(=O)c2cc1ccc2S(=O)(=O)O. The molecule has 0 radical (unpaired) electrons. The van der Waals surface area contributed by atoms with Gasteiger partial charge in [0.2, 0.25) is 0 Å². The second-order valence-corrected chi connectivity index (χ2v) is 4.36. The molecule has 2 rings (SSSR count). The van der Waals surface area contributed by atoms with E-state index in [1.165, 1.54) is 6.07 Å². The highest BCUT2D eigenvalue weighted by atomic mass is 32.2. The summed E-state index contributed by atoms with van der Waals surface area (Å²) in [6, 6.07) is 3.37. The normalized spacial score (nSPS) is 15.0. The first-order chi connectivity index (χ1) is 6.89. The van der Waals surface area contributed by atoms with Crippen LogP contribution in [0.2, 0.25) is 0 Å². The van der Waals surface area contributed by atoms with Crippen LogP contribution in [0.1, 0.15) is 20.7 Å². The maximum atomic E-state index is 11.2. The van der Waals surface area contributed by atoms with Crippen LogP contribution in [0, 0.1) is 0 Å². The van der Waals surface area contributed by atoms with Crippen molar-refractivity contribution in [1.82, 2.24) is 5.32 Å². The Kier molecular flexibility index (Phi) is 1.88. The molecule has 1 aromatic rings. The van der Waals surface area contributed by atoms with Crippen molar-refractivity contribution in [3.05, 3.63) is 29.3 Å². The zero-order valence-corrected chi connectivity index (χ0v) is 8.04. The van der Waals surface area contributed by atoms with Crippen LogP contribution >= 0.6 is 0 Å². The minimum absolute atomic E-state index is 0.178. The number of nitrogens with one attached hydrogen (secondary N) is 1. The fraction of sp³-hybridized carbons (Fsp3) is 0. The molecule has 2 amide bonds. The van der Waals surface area contributed by atoms with Crippen LogP contribution in [-0.4, -0.2) is 24.8 Å². The first kappa shape index (κ1) is 9.81. The average Bonchev–Trinajstić information content (AvgIpc) is 2.13. The van der Waals surface area contributed by atoms with E-state index in [9.17, 15) is 18.0 Å². The van der Waals surface area contributed by atoms with Gasteiger partial charge < -0.3 is 0 Å². The van der Waals surface area contributed by atoms with Gasteiger partial charge in [-0.05, 0) is 18.2 Å². The molecule has 0 aromatic heterocycles. The van der Waals surface area contributed by atoms with Gasteiger partial charge in [0.15, 0.2) is 0 Å². The molecule has 0 saturated heterocycles. The highest BCUT2D eigenvalue weighted by molar-refractivity contribution is 7.86. The molecule has 1 aliphatic rings. The van der Waals surface area contributed by atoms with Crippen molar-refractivity contribution in [3.63, 3.8) is 0 Å². The highest BCUT2D eigenvalue weighted by Gasteiger charge is 2.27. The standard InChI is InChI=1S/C8H5NO5S/c10-7-4-1-2-6(15(12,13)14)5(3-4)8(11)9-7/h1-3H,(H,9,10,11)(H,12,13,14). The predicted molar refractivity (Wildman–Crippen MR) is 48.1 cm³/mol. The van der Waals surface area contributed by atoms with Gasteiger partial charge in [0.1, 0.15) is 4.90 Å². The second-order valence-electron chi connectivity index (χ2n) is 2.97. The fourth-order valence-electron chi connectivity index (χ4n) is 1.32. The molecule has 0 atom stereocenters. The fourth-order valence-corrected chi connectivity index (χ4v) is 1.99. The molecule has 7 heteroatoms. The smallest absolute Gasteiger partial charge is 0.288 e. The lowest BCUT2D eigenvalue weighted by atomic mass is 10.1. The second kappa shape index (κ2) is 2.88. The van der Waals surface area contributed by atoms with Crippen molar-refractivity contribution in [2.75, 3.05) is 0 Å². The number of hydrogen-bond donors (Lipinski definition) is 2. The summed E-state index contributed by atoms with van der Waals surface area (Å²) in [4.78, 5) is 21.8. The maximum Gasteiger partial charge on any atom is 0.295 e. The van der Waals surface area contributed by atoms with E-state index in [1.54, 1.807) is 0 Å². The summed E-state index contributed by atoms with van der Waals surface area (Å²) < 4.78 is 30.5. The Morgan fingerprint density at radius 1 is 1.13 bits per heavy atom. The van der Waals surface area contributed by atoms with Crippen LogP contribution < -0.4 is 5.32 Å². The topological polar surface area (TPSA) is 101 Å². The molecular formula is C8H5NO5S. The van der Waals surface area contributed by atoms with Crippen molar-refractivity contribution >= 4 is 21.9 Å². The molecule has 15 heavy (non-hydrogen) atoms. The summed E-state index contributed by atoms with van der Waals surface area (Å²) in [7, 11) is -4.45. The number of carbonyl (C=O) groups is 2.